The molecule has 2 aromatic carbocycles. The normalized spacial score (nSPS) is 15.4. The summed E-state index contributed by atoms with van der Waals surface area (Å²) in [6.45, 7) is 3.58. The fraction of sp³-hybridized carbons (Fsp3) is 0.368. The molecule has 0 atom stereocenters. The van der Waals surface area contributed by atoms with Crippen molar-refractivity contribution < 1.29 is 18.1 Å². The van der Waals surface area contributed by atoms with E-state index in [4.69, 9.17) is 4.74 Å². The summed E-state index contributed by atoms with van der Waals surface area (Å²) in [5.41, 5.74) is 2.27. The molecule has 0 bridgehead atoms. The van der Waals surface area contributed by atoms with E-state index in [1.807, 2.05) is 31.2 Å². The van der Waals surface area contributed by atoms with E-state index in [1.54, 1.807) is 11.9 Å². The van der Waals surface area contributed by atoms with Gasteiger partial charge in [0.2, 0.25) is 10.0 Å². The Morgan fingerprint density at radius 1 is 1.18 bits per heavy atom. The summed E-state index contributed by atoms with van der Waals surface area (Å²) < 4.78 is 32.1. The van der Waals surface area contributed by atoms with Crippen molar-refractivity contribution in [1.29, 1.82) is 0 Å². The van der Waals surface area contributed by atoms with Gasteiger partial charge in [-0.1, -0.05) is 24.3 Å². The van der Waals surface area contributed by atoms with E-state index >= 15 is 0 Å². The molecule has 3 rings (SSSR count). The van der Waals surface area contributed by atoms with Gasteiger partial charge >= 0.3 is 0 Å². The van der Waals surface area contributed by atoms with E-state index in [0.717, 1.165) is 17.2 Å². The summed E-state index contributed by atoms with van der Waals surface area (Å²) in [4.78, 5) is 12.8. The molecule has 150 valence electrons. The molecule has 1 aliphatic heterocycles. The second-order valence-corrected chi connectivity index (χ2v) is 8.64. The fourth-order valence-corrected chi connectivity index (χ4v) is 4.63. The van der Waals surface area contributed by atoms with Crippen LogP contribution in [0, 0.1) is 17.0 Å². The van der Waals surface area contributed by atoms with Gasteiger partial charge in [0.15, 0.2) is 0 Å². The first-order valence-corrected chi connectivity index (χ1v) is 10.4. The van der Waals surface area contributed by atoms with Crippen molar-refractivity contribution in [3.63, 3.8) is 0 Å². The second kappa shape index (κ2) is 8.26. The molecule has 0 N–H and O–H groups in total. The zero-order valence-corrected chi connectivity index (χ0v) is 16.7. The summed E-state index contributed by atoms with van der Waals surface area (Å²) in [5, 5.41) is 11.7. The van der Waals surface area contributed by atoms with Crippen LogP contribution >= 0.6 is 0 Å². The molecule has 1 aliphatic rings. The summed E-state index contributed by atoms with van der Waals surface area (Å²) in [6.07, 6.45) is 0. The molecule has 0 spiro atoms. The number of anilines is 1. The van der Waals surface area contributed by atoms with E-state index < -0.39 is 14.9 Å². The van der Waals surface area contributed by atoms with Crippen molar-refractivity contribution in [3.8, 4) is 0 Å². The maximum atomic E-state index is 12.8. The first-order chi connectivity index (χ1) is 13.3. The minimum absolute atomic E-state index is 0.0749. The number of hydrogen-bond acceptors (Lipinski definition) is 6. The van der Waals surface area contributed by atoms with Crippen LogP contribution in [0.1, 0.15) is 11.1 Å². The molecule has 0 amide bonds. The lowest BCUT2D eigenvalue weighted by Gasteiger charge is -2.26. The molecule has 2 aromatic rings. The number of hydrogen-bond donors (Lipinski definition) is 0. The number of sulfonamides is 1. The summed E-state index contributed by atoms with van der Waals surface area (Å²) in [7, 11) is -2.04. The summed E-state index contributed by atoms with van der Waals surface area (Å²) in [6, 6.07) is 11.9. The van der Waals surface area contributed by atoms with E-state index in [1.165, 1.54) is 16.4 Å². The summed E-state index contributed by atoms with van der Waals surface area (Å²) in [5.74, 6) is 0. The second-order valence-electron chi connectivity index (χ2n) is 6.71. The van der Waals surface area contributed by atoms with Gasteiger partial charge < -0.3 is 9.64 Å². The Morgan fingerprint density at radius 3 is 2.50 bits per heavy atom. The molecule has 0 unspecified atom stereocenters. The molecule has 0 aromatic heterocycles. The number of rotatable bonds is 6. The molecule has 0 saturated carbocycles. The third-order valence-corrected chi connectivity index (χ3v) is 6.73. The van der Waals surface area contributed by atoms with Crippen LogP contribution in [0.15, 0.2) is 47.4 Å². The number of ether oxygens (including phenoxy) is 1. The molecule has 1 fully saturated rings. The van der Waals surface area contributed by atoms with E-state index in [-0.39, 0.29) is 23.7 Å². The SMILES string of the molecule is Cc1ccccc1CN(C)c1ccc(S(=O)(=O)N2CCOCC2)cc1[N+](=O)[O-]. The largest absolute Gasteiger partial charge is 0.379 e. The third-order valence-electron chi connectivity index (χ3n) is 4.83. The van der Waals surface area contributed by atoms with Crippen molar-refractivity contribution >= 4 is 21.4 Å². The first kappa shape index (κ1) is 20.2. The van der Waals surface area contributed by atoms with Gasteiger partial charge in [-0.05, 0) is 30.2 Å². The van der Waals surface area contributed by atoms with Crippen LogP contribution in [-0.4, -0.2) is 51.0 Å². The monoisotopic (exact) mass is 405 g/mol. The lowest BCUT2D eigenvalue weighted by Crippen LogP contribution is -2.40. The van der Waals surface area contributed by atoms with Crippen molar-refractivity contribution in [2.24, 2.45) is 0 Å². The highest BCUT2D eigenvalue weighted by Crippen LogP contribution is 2.32. The van der Waals surface area contributed by atoms with Crippen LogP contribution in [0.3, 0.4) is 0 Å². The number of nitrogens with zero attached hydrogens (tertiary/aromatic N) is 3. The predicted molar refractivity (Wildman–Crippen MR) is 106 cm³/mol. The predicted octanol–water partition coefficient (Wildman–Crippen LogP) is 2.56. The molecule has 1 heterocycles. The van der Waals surface area contributed by atoms with Crippen LogP contribution < -0.4 is 4.90 Å². The van der Waals surface area contributed by atoms with E-state index in [9.17, 15) is 18.5 Å². The smallest absolute Gasteiger partial charge is 0.293 e. The highest BCUT2D eigenvalue weighted by molar-refractivity contribution is 7.89. The fourth-order valence-electron chi connectivity index (χ4n) is 3.20. The Balaban J connectivity index is 1.93. The van der Waals surface area contributed by atoms with Crippen molar-refractivity contribution in [1.82, 2.24) is 4.31 Å². The van der Waals surface area contributed by atoms with Gasteiger partial charge in [-0.3, -0.25) is 10.1 Å². The van der Waals surface area contributed by atoms with Gasteiger partial charge in [-0.2, -0.15) is 4.31 Å². The molecular formula is C19H23N3O5S. The molecule has 0 aliphatic carbocycles. The van der Waals surface area contributed by atoms with E-state index in [0.29, 0.717) is 25.4 Å². The van der Waals surface area contributed by atoms with Crippen LogP contribution in [0.25, 0.3) is 0 Å². The average molecular weight is 405 g/mol. The van der Waals surface area contributed by atoms with Crippen LogP contribution in [-0.2, 0) is 21.3 Å². The molecular weight excluding hydrogens is 382 g/mol. The van der Waals surface area contributed by atoms with Gasteiger partial charge in [0.25, 0.3) is 5.69 Å². The van der Waals surface area contributed by atoms with Gasteiger partial charge in [0.05, 0.1) is 23.0 Å². The first-order valence-electron chi connectivity index (χ1n) is 8.92. The van der Waals surface area contributed by atoms with Gasteiger partial charge in [-0.25, -0.2) is 8.42 Å². The molecule has 9 heteroatoms. The topological polar surface area (TPSA) is 93.0 Å². The minimum atomic E-state index is -3.80. The standard InChI is InChI=1S/C19H23N3O5S/c1-15-5-3-4-6-16(15)14-20(2)18-8-7-17(13-19(18)22(23)24)28(25,26)21-9-11-27-12-10-21/h3-8,13H,9-12,14H2,1-2H3. The Labute approximate surface area is 164 Å². The maximum absolute atomic E-state index is 12.8. The maximum Gasteiger partial charge on any atom is 0.293 e. The molecule has 8 nitrogen and oxygen atoms in total. The summed E-state index contributed by atoms with van der Waals surface area (Å²) >= 11 is 0. The van der Waals surface area contributed by atoms with Crippen molar-refractivity contribution in [3.05, 3.63) is 63.7 Å². The van der Waals surface area contributed by atoms with Crippen LogP contribution in [0.5, 0.6) is 0 Å². The van der Waals surface area contributed by atoms with Gasteiger partial charge in [0.1, 0.15) is 5.69 Å². The van der Waals surface area contributed by atoms with E-state index in [2.05, 4.69) is 0 Å². The Kier molecular flexibility index (Phi) is 5.97. The van der Waals surface area contributed by atoms with Crippen molar-refractivity contribution in [2.75, 3.05) is 38.3 Å². The van der Waals surface area contributed by atoms with Gasteiger partial charge in [-0.15, -0.1) is 0 Å². The number of nitro groups is 1. The number of benzene rings is 2. The Morgan fingerprint density at radius 2 is 1.86 bits per heavy atom. The highest BCUT2D eigenvalue weighted by Gasteiger charge is 2.29. The Hall–Kier alpha value is -2.49. The molecule has 0 radical (unpaired) electrons. The number of nitro benzene ring substituents is 1. The molecule has 28 heavy (non-hydrogen) atoms. The van der Waals surface area contributed by atoms with Crippen LogP contribution in [0.2, 0.25) is 0 Å². The zero-order valence-electron chi connectivity index (χ0n) is 15.9. The minimum Gasteiger partial charge on any atom is -0.379 e. The Bertz CT molecular complexity index is 971. The highest BCUT2D eigenvalue weighted by atomic mass is 32.2. The number of aryl methyl sites for hydroxylation is 1. The quantitative estimate of drug-likeness (QED) is 0.542. The lowest BCUT2D eigenvalue weighted by molar-refractivity contribution is -0.384. The average Bonchev–Trinajstić information content (AvgIpc) is 2.69. The molecule has 1 saturated heterocycles. The van der Waals surface area contributed by atoms with Crippen LogP contribution in [0.4, 0.5) is 11.4 Å². The zero-order chi connectivity index (χ0) is 20.3. The van der Waals surface area contributed by atoms with Crippen molar-refractivity contribution in [2.45, 2.75) is 18.4 Å². The van der Waals surface area contributed by atoms with Gasteiger partial charge in [0, 0.05) is 32.7 Å². The third kappa shape index (κ3) is 4.16. The number of morpholine rings is 1. The lowest BCUT2D eigenvalue weighted by atomic mass is 10.1.